The van der Waals surface area contributed by atoms with Gasteiger partial charge in [-0.3, -0.25) is 4.79 Å². The van der Waals surface area contributed by atoms with Crippen molar-refractivity contribution in [2.24, 2.45) is 5.92 Å². The minimum absolute atomic E-state index is 0.0967. The smallest absolute Gasteiger partial charge is 0.272 e. The van der Waals surface area contributed by atoms with Gasteiger partial charge in [0, 0.05) is 49.2 Å². The average Bonchev–Trinajstić information content (AvgIpc) is 2.93. The zero-order valence-electron chi connectivity index (χ0n) is 21.4. The predicted octanol–water partition coefficient (Wildman–Crippen LogP) is 4.72. The first-order valence-electron chi connectivity index (χ1n) is 13.8. The number of hydrogen-bond donors (Lipinski definition) is 0. The van der Waals surface area contributed by atoms with Crippen LogP contribution < -0.4 is 4.90 Å². The van der Waals surface area contributed by atoms with Crippen molar-refractivity contribution in [2.75, 3.05) is 44.2 Å². The molecule has 0 spiro atoms. The number of carbonyl (C=O) groups excluding carboxylic acids is 1. The van der Waals surface area contributed by atoms with Gasteiger partial charge in [0.25, 0.3) is 5.91 Å². The molecule has 0 unspecified atom stereocenters. The van der Waals surface area contributed by atoms with Crippen LogP contribution in [0.3, 0.4) is 0 Å². The molecule has 1 aromatic heterocycles. The van der Waals surface area contributed by atoms with Crippen LogP contribution in [0, 0.1) is 12.8 Å². The summed E-state index contributed by atoms with van der Waals surface area (Å²) in [5, 5.41) is 0. The van der Waals surface area contributed by atoms with E-state index in [1.807, 2.05) is 11.8 Å². The highest BCUT2D eigenvalue weighted by molar-refractivity contribution is 5.93. The number of benzene rings is 1. The summed E-state index contributed by atoms with van der Waals surface area (Å²) in [4.78, 5) is 29.6. The van der Waals surface area contributed by atoms with Crippen LogP contribution in [0.1, 0.15) is 73.1 Å². The van der Waals surface area contributed by atoms with Gasteiger partial charge in [-0.05, 0) is 89.4 Å². The van der Waals surface area contributed by atoms with Gasteiger partial charge < -0.3 is 14.7 Å². The molecule has 0 saturated carbocycles. The molecule has 35 heavy (non-hydrogen) atoms. The van der Waals surface area contributed by atoms with E-state index in [1.165, 1.54) is 50.9 Å². The Balaban J connectivity index is 1.12. The molecule has 1 aromatic carbocycles. The molecular weight excluding hydrogens is 434 g/mol. The Hall–Kier alpha value is -2.47. The number of para-hydroxylation sites is 1. The van der Waals surface area contributed by atoms with Crippen molar-refractivity contribution in [3.8, 4) is 0 Å². The van der Waals surface area contributed by atoms with Crippen LogP contribution >= 0.6 is 0 Å². The molecule has 0 radical (unpaired) electrons. The van der Waals surface area contributed by atoms with E-state index in [9.17, 15) is 4.79 Å². The molecule has 188 valence electrons. The third-order valence-corrected chi connectivity index (χ3v) is 8.58. The Morgan fingerprint density at radius 1 is 0.886 bits per heavy atom. The number of piperidine rings is 3. The van der Waals surface area contributed by atoms with Gasteiger partial charge in [-0.1, -0.05) is 24.6 Å². The van der Waals surface area contributed by atoms with Crippen LogP contribution in [-0.2, 0) is 6.42 Å². The number of nitrogens with zero attached hydrogens (tertiary/aromatic N) is 5. The summed E-state index contributed by atoms with van der Waals surface area (Å²) >= 11 is 0. The predicted molar refractivity (Wildman–Crippen MR) is 141 cm³/mol. The maximum Gasteiger partial charge on any atom is 0.272 e. The first kappa shape index (κ1) is 24.2. The summed E-state index contributed by atoms with van der Waals surface area (Å²) in [5.74, 6) is 0.816. The van der Waals surface area contributed by atoms with Crippen LogP contribution in [0.5, 0.6) is 0 Å². The number of aromatic nitrogens is 2. The summed E-state index contributed by atoms with van der Waals surface area (Å²) in [6.07, 6.45) is 12.3. The Bertz CT molecular complexity index is 958. The lowest BCUT2D eigenvalue weighted by Gasteiger charge is -2.40. The van der Waals surface area contributed by atoms with Crippen molar-refractivity contribution in [2.45, 2.75) is 70.8 Å². The number of hydrogen-bond acceptors (Lipinski definition) is 5. The largest absolute Gasteiger partial charge is 0.372 e. The molecule has 3 aliphatic rings. The third-order valence-electron chi connectivity index (χ3n) is 8.58. The molecule has 3 aliphatic heterocycles. The Morgan fingerprint density at radius 2 is 1.60 bits per heavy atom. The van der Waals surface area contributed by atoms with E-state index in [0.29, 0.717) is 11.7 Å². The van der Waals surface area contributed by atoms with Gasteiger partial charge >= 0.3 is 0 Å². The zero-order valence-corrected chi connectivity index (χ0v) is 21.4. The molecule has 2 aromatic rings. The lowest BCUT2D eigenvalue weighted by molar-refractivity contribution is 0.0583. The lowest BCUT2D eigenvalue weighted by Crippen LogP contribution is -2.48. The average molecular weight is 476 g/mol. The summed E-state index contributed by atoms with van der Waals surface area (Å²) in [6.45, 7) is 8.44. The maximum absolute atomic E-state index is 13.3. The van der Waals surface area contributed by atoms with E-state index in [0.717, 1.165) is 69.0 Å². The van der Waals surface area contributed by atoms with Crippen molar-refractivity contribution in [1.82, 2.24) is 19.8 Å². The first-order valence-corrected chi connectivity index (χ1v) is 13.8. The second-order valence-electron chi connectivity index (χ2n) is 10.7. The molecular formula is C29H41N5O. The molecule has 4 heterocycles. The molecule has 5 rings (SSSR count). The van der Waals surface area contributed by atoms with Crippen molar-refractivity contribution in [1.29, 1.82) is 0 Å². The molecule has 0 N–H and O–H groups in total. The first-order chi connectivity index (χ1) is 17.2. The summed E-state index contributed by atoms with van der Waals surface area (Å²) in [7, 11) is 0. The van der Waals surface area contributed by atoms with Gasteiger partial charge in [-0.15, -0.1) is 0 Å². The molecule has 6 nitrogen and oxygen atoms in total. The van der Waals surface area contributed by atoms with E-state index >= 15 is 0 Å². The highest BCUT2D eigenvalue weighted by Gasteiger charge is 2.29. The van der Waals surface area contributed by atoms with Crippen molar-refractivity contribution in [3.05, 3.63) is 53.6 Å². The van der Waals surface area contributed by atoms with Gasteiger partial charge in [0.2, 0.25) is 0 Å². The number of aryl methyl sites for hydroxylation is 1. The van der Waals surface area contributed by atoms with Gasteiger partial charge in [-0.2, -0.15) is 0 Å². The molecule has 3 saturated heterocycles. The highest BCUT2D eigenvalue weighted by atomic mass is 16.2. The summed E-state index contributed by atoms with van der Waals surface area (Å²) in [5.41, 5.74) is 3.99. The van der Waals surface area contributed by atoms with E-state index in [2.05, 4.69) is 50.1 Å². The van der Waals surface area contributed by atoms with Crippen LogP contribution in [0.2, 0.25) is 0 Å². The molecule has 1 amide bonds. The fourth-order valence-corrected chi connectivity index (χ4v) is 6.28. The molecule has 0 bridgehead atoms. The quantitative estimate of drug-likeness (QED) is 0.605. The topological polar surface area (TPSA) is 52.6 Å². The second-order valence-corrected chi connectivity index (χ2v) is 10.7. The van der Waals surface area contributed by atoms with Crippen molar-refractivity contribution < 1.29 is 4.79 Å². The molecule has 0 aliphatic carbocycles. The van der Waals surface area contributed by atoms with Crippen molar-refractivity contribution >= 4 is 11.6 Å². The summed E-state index contributed by atoms with van der Waals surface area (Å²) < 4.78 is 0. The molecule has 3 fully saturated rings. The van der Waals surface area contributed by atoms with E-state index in [4.69, 9.17) is 0 Å². The van der Waals surface area contributed by atoms with Crippen molar-refractivity contribution in [3.63, 3.8) is 0 Å². The second kappa shape index (κ2) is 11.5. The fraction of sp³-hybridized carbons (Fsp3) is 0.621. The fourth-order valence-electron chi connectivity index (χ4n) is 6.28. The van der Waals surface area contributed by atoms with Gasteiger partial charge in [0.15, 0.2) is 0 Å². The Kier molecular flexibility index (Phi) is 7.97. The minimum atomic E-state index is 0.0967. The number of amides is 1. The monoisotopic (exact) mass is 475 g/mol. The lowest BCUT2D eigenvalue weighted by atomic mass is 9.90. The zero-order chi connectivity index (χ0) is 24.0. The van der Waals surface area contributed by atoms with E-state index < -0.39 is 0 Å². The number of anilines is 1. The van der Waals surface area contributed by atoms with E-state index in [-0.39, 0.29) is 5.91 Å². The van der Waals surface area contributed by atoms with Gasteiger partial charge in [-0.25, -0.2) is 9.97 Å². The SMILES string of the molecule is Cc1c(CCC2CCN(c3ccccc3)CC2)ncnc1C(=O)N1CCC(N2CCCCC2)CC1. The number of rotatable bonds is 6. The highest BCUT2D eigenvalue weighted by Crippen LogP contribution is 2.27. The summed E-state index contributed by atoms with van der Waals surface area (Å²) in [6, 6.07) is 11.4. The van der Waals surface area contributed by atoms with Crippen LogP contribution in [-0.4, -0.2) is 71.0 Å². The number of likely N-dealkylation sites (tertiary alicyclic amines) is 2. The van der Waals surface area contributed by atoms with Crippen LogP contribution in [0.25, 0.3) is 0 Å². The Labute approximate surface area is 210 Å². The minimum Gasteiger partial charge on any atom is -0.372 e. The van der Waals surface area contributed by atoms with E-state index in [1.54, 1.807) is 6.33 Å². The Morgan fingerprint density at radius 3 is 2.31 bits per heavy atom. The third kappa shape index (κ3) is 5.85. The van der Waals surface area contributed by atoms with Gasteiger partial charge in [0.05, 0.1) is 0 Å². The van der Waals surface area contributed by atoms with Crippen LogP contribution in [0.4, 0.5) is 5.69 Å². The van der Waals surface area contributed by atoms with Crippen LogP contribution in [0.15, 0.2) is 36.7 Å². The normalized spacial score (nSPS) is 20.8. The maximum atomic E-state index is 13.3. The van der Waals surface area contributed by atoms with Gasteiger partial charge in [0.1, 0.15) is 12.0 Å². The molecule has 0 atom stereocenters. The standard InChI is InChI=1S/C29H41N5O/c1-23-27(11-10-24-12-18-33(19-13-24)25-8-4-2-5-9-25)30-22-31-28(23)29(35)34-20-14-26(15-21-34)32-16-6-3-7-17-32/h2,4-5,8-9,22,24,26H,3,6-7,10-21H2,1H3. The molecule has 6 heteroatoms. The number of carbonyl (C=O) groups is 1.